The van der Waals surface area contributed by atoms with E-state index in [1.54, 1.807) is 12.5 Å². The average Bonchev–Trinajstić information content (AvgIpc) is 2.83. The Labute approximate surface area is 130 Å². The van der Waals surface area contributed by atoms with E-state index in [0.29, 0.717) is 29.2 Å². The van der Waals surface area contributed by atoms with Crippen LogP contribution in [-0.4, -0.2) is 27.2 Å². The molecule has 0 aliphatic rings. The van der Waals surface area contributed by atoms with Gasteiger partial charge >= 0.3 is 5.97 Å². The maximum absolute atomic E-state index is 11.1. The van der Waals surface area contributed by atoms with E-state index in [2.05, 4.69) is 20.9 Å². The van der Waals surface area contributed by atoms with Crippen molar-refractivity contribution in [2.45, 2.75) is 13.5 Å². The van der Waals surface area contributed by atoms with Crippen molar-refractivity contribution < 1.29 is 19.4 Å². The van der Waals surface area contributed by atoms with Crippen LogP contribution in [0.4, 0.5) is 0 Å². The molecule has 1 N–H and O–H groups in total. The molecule has 21 heavy (non-hydrogen) atoms. The normalized spacial score (nSPS) is 10.4. The number of nitrogens with zero attached hydrogens (tertiary/aromatic N) is 2. The molecule has 7 heteroatoms. The molecular formula is C14H15BrN2O4. The van der Waals surface area contributed by atoms with Crippen molar-refractivity contribution in [1.29, 1.82) is 0 Å². The van der Waals surface area contributed by atoms with E-state index in [4.69, 9.17) is 14.6 Å². The molecule has 0 saturated carbocycles. The zero-order chi connectivity index (χ0) is 15.4. The van der Waals surface area contributed by atoms with E-state index in [9.17, 15) is 4.79 Å². The molecule has 112 valence electrons. The summed E-state index contributed by atoms with van der Waals surface area (Å²) in [5.41, 5.74) is 1.03. The molecule has 1 aromatic carbocycles. The molecule has 0 bridgehead atoms. The molecule has 1 heterocycles. The number of aromatic carboxylic acids is 1. The predicted octanol–water partition coefficient (Wildman–Crippen LogP) is 2.86. The molecule has 6 nitrogen and oxygen atoms in total. The molecule has 0 atom stereocenters. The molecule has 0 saturated heterocycles. The maximum atomic E-state index is 11.1. The summed E-state index contributed by atoms with van der Waals surface area (Å²) in [6.07, 6.45) is 3.39. The molecular weight excluding hydrogens is 340 g/mol. The number of hydrogen-bond acceptors (Lipinski definition) is 4. The quantitative estimate of drug-likeness (QED) is 0.863. The van der Waals surface area contributed by atoms with Gasteiger partial charge in [-0.25, -0.2) is 9.78 Å². The number of carboxylic acid groups (broad SMARTS) is 1. The zero-order valence-corrected chi connectivity index (χ0v) is 13.3. The second-order valence-electron chi connectivity index (χ2n) is 4.31. The highest BCUT2D eigenvalue weighted by atomic mass is 79.9. The van der Waals surface area contributed by atoms with Crippen LogP contribution in [0.2, 0.25) is 0 Å². The number of benzene rings is 1. The highest BCUT2D eigenvalue weighted by molar-refractivity contribution is 9.10. The van der Waals surface area contributed by atoms with Gasteiger partial charge in [0.05, 0.1) is 34.9 Å². The van der Waals surface area contributed by atoms with Gasteiger partial charge in [-0.15, -0.1) is 0 Å². The van der Waals surface area contributed by atoms with Gasteiger partial charge in [-0.1, -0.05) is 0 Å². The van der Waals surface area contributed by atoms with Gasteiger partial charge < -0.3 is 19.1 Å². The Bertz CT molecular complexity index is 654. The standard InChI is InChI=1S/C14H15BrN2O4/c1-3-20-12-5-9(14(18)19)4-11(15)13(12)21-7-10-6-16-8-17(10)2/h4-6,8H,3,7H2,1-2H3,(H,18,19). The van der Waals surface area contributed by atoms with Gasteiger partial charge in [0.15, 0.2) is 11.5 Å². The molecule has 2 rings (SSSR count). The summed E-state index contributed by atoms with van der Waals surface area (Å²) < 4.78 is 13.6. The molecule has 0 aliphatic heterocycles. The summed E-state index contributed by atoms with van der Waals surface area (Å²) in [5, 5.41) is 9.08. The summed E-state index contributed by atoms with van der Waals surface area (Å²) >= 11 is 3.33. The van der Waals surface area contributed by atoms with Crippen LogP contribution < -0.4 is 9.47 Å². The number of aromatic nitrogens is 2. The number of carbonyl (C=O) groups is 1. The Kier molecular flexibility index (Phi) is 4.85. The monoisotopic (exact) mass is 354 g/mol. The fourth-order valence-corrected chi connectivity index (χ4v) is 2.32. The van der Waals surface area contributed by atoms with Gasteiger partial charge in [0.25, 0.3) is 0 Å². The summed E-state index contributed by atoms with van der Waals surface area (Å²) in [7, 11) is 1.87. The van der Waals surface area contributed by atoms with E-state index in [-0.39, 0.29) is 5.56 Å². The summed E-state index contributed by atoms with van der Waals surface area (Å²) in [4.78, 5) is 15.1. The minimum Gasteiger partial charge on any atom is -0.490 e. The van der Waals surface area contributed by atoms with Crippen LogP contribution >= 0.6 is 15.9 Å². The van der Waals surface area contributed by atoms with E-state index in [0.717, 1.165) is 5.69 Å². The third-order valence-corrected chi connectivity index (χ3v) is 3.43. The number of ether oxygens (including phenoxy) is 2. The fourth-order valence-electron chi connectivity index (χ4n) is 1.76. The van der Waals surface area contributed by atoms with Gasteiger partial charge in [-0.2, -0.15) is 0 Å². The first kappa shape index (κ1) is 15.4. The number of carboxylic acids is 1. The predicted molar refractivity (Wildman–Crippen MR) is 79.8 cm³/mol. The first-order valence-corrected chi connectivity index (χ1v) is 7.09. The Morgan fingerprint density at radius 1 is 1.43 bits per heavy atom. The Morgan fingerprint density at radius 3 is 2.76 bits per heavy atom. The smallest absolute Gasteiger partial charge is 0.335 e. The van der Waals surface area contributed by atoms with Crippen molar-refractivity contribution in [3.63, 3.8) is 0 Å². The fraction of sp³-hybridized carbons (Fsp3) is 0.286. The highest BCUT2D eigenvalue weighted by Crippen LogP contribution is 2.37. The largest absolute Gasteiger partial charge is 0.490 e. The van der Waals surface area contributed by atoms with Crippen molar-refractivity contribution in [2.24, 2.45) is 7.05 Å². The second-order valence-corrected chi connectivity index (χ2v) is 5.16. The van der Waals surface area contributed by atoms with E-state index in [1.807, 2.05) is 18.5 Å². The van der Waals surface area contributed by atoms with Crippen LogP contribution in [0.5, 0.6) is 11.5 Å². The molecule has 0 unspecified atom stereocenters. The Morgan fingerprint density at radius 2 is 2.19 bits per heavy atom. The SMILES string of the molecule is CCOc1cc(C(=O)O)cc(Br)c1OCc1cncn1C. The van der Waals surface area contributed by atoms with Crippen LogP contribution in [-0.2, 0) is 13.7 Å². The topological polar surface area (TPSA) is 73.6 Å². The molecule has 0 amide bonds. The van der Waals surface area contributed by atoms with E-state index >= 15 is 0 Å². The lowest BCUT2D eigenvalue weighted by Crippen LogP contribution is -2.05. The van der Waals surface area contributed by atoms with Gasteiger partial charge in [0, 0.05) is 7.05 Å². The highest BCUT2D eigenvalue weighted by Gasteiger charge is 2.16. The van der Waals surface area contributed by atoms with Crippen LogP contribution in [0.25, 0.3) is 0 Å². The third kappa shape index (κ3) is 3.55. The van der Waals surface area contributed by atoms with Crippen LogP contribution in [0.1, 0.15) is 23.0 Å². The first-order valence-electron chi connectivity index (χ1n) is 6.30. The zero-order valence-electron chi connectivity index (χ0n) is 11.7. The van der Waals surface area contributed by atoms with Crippen molar-refractivity contribution in [3.8, 4) is 11.5 Å². The van der Waals surface area contributed by atoms with Crippen molar-refractivity contribution in [1.82, 2.24) is 9.55 Å². The van der Waals surface area contributed by atoms with Crippen molar-refractivity contribution in [3.05, 3.63) is 40.4 Å². The molecule has 2 aromatic rings. The molecule has 0 radical (unpaired) electrons. The van der Waals surface area contributed by atoms with Crippen LogP contribution in [0, 0.1) is 0 Å². The van der Waals surface area contributed by atoms with Crippen molar-refractivity contribution >= 4 is 21.9 Å². The number of aryl methyl sites for hydroxylation is 1. The summed E-state index contributed by atoms with van der Waals surface area (Å²) in [5.74, 6) is -0.149. The van der Waals surface area contributed by atoms with Crippen LogP contribution in [0.15, 0.2) is 29.1 Å². The second kappa shape index (κ2) is 6.62. The lowest BCUT2D eigenvalue weighted by atomic mass is 10.2. The average molecular weight is 355 g/mol. The Balaban J connectivity index is 2.28. The summed E-state index contributed by atoms with van der Waals surface area (Å²) in [6, 6.07) is 2.94. The lowest BCUT2D eigenvalue weighted by Gasteiger charge is -2.14. The van der Waals surface area contributed by atoms with Gasteiger partial charge in [0.1, 0.15) is 6.61 Å². The molecule has 0 fully saturated rings. The third-order valence-electron chi connectivity index (χ3n) is 2.84. The van der Waals surface area contributed by atoms with E-state index in [1.165, 1.54) is 12.1 Å². The minimum absolute atomic E-state index is 0.137. The maximum Gasteiger partial charge on any atom is 0.335 e. The summed E-state index contributed by atoms with van der Waals surface area (Å²) in [6.45, 7) is 2.55. The first-order chi connectivity index (χ1) is 10.0. The van der Waals surface area contributed by atoms with Gasteiger partial charge in [0.2, 0.25) is 0 Å². The molecule has 0 spiro atoms. The van der Waals surface area contributed by atoms with Crippen molar-refractivity contribution in [2.75, 3.05) is 6.61 Å². The molecule has 1 aromatic heterocycles. The van der Waals surface area contributed by atoms with E-state index < -0.39 is 5.97 Å². The number of rotatable bonds is 6. The lowest BCUT2D eigenvalue weighted by molar-refractivity contribution is 0.0696. The molecule has 0 aliphatic carbocycles. The number of imidazole rings is 1. The number of hydrogen-bond donors (Lipinski definition) is 1. The van der Waals surface area contributed by atoms with Gasteiger partial charge in [-0.05, 0) is 35.0 Å². The van der Waals surface area contributed by atoms with Gasteiger partial charge in [-0.3, -0.25) is 0 Å². The number of halogens is 1. The van der Waals surface area contributed by atoms with Crippen LogP contribution in [0.3, 0.4) is 0 Å². The minimum atomic E-state index is -1.02. The Hall–Kier alpha value is -2.02.